The maximum absolute atomic E-state index is 12.0. The molecule has 0 aliphatic carbocycles. The molecule has 0 saturated carbocycles. The number of hydrogen-bond donors (Lipinski definition) is 2. The van der Waals surface area contributed by atoms with E-state index in [4.69, 9.17) is 10.5 Å². The monoisotopic (exact) mass is 286 g/mol. The fourth-order valence-corrected chi connectivity index (χ4v) is 1.46. The Morgan fingerprint density at radius 3 is 2.32 bits per heavy atom. The van der Waals surface area contributed by atoms with Gasteiger partial charge in [-0.25, -0.2) is 0 Å². The predicted molar refractivity (Wildman–Crippen MR) is 79.6 cm³/mol. The fraction of sp³-hybridized carbons (Fsp3) is 0.500. The fourth-order valence-electron chi connectivity index (χ4n) is 1.46. The van der Waals surface area contributed by atoms with E-state index in [1.165, 1.54) is 0 Å². The Morgan fingerprint density at radius 1 is 1.37 bits per heavy atom. The predicted octanol–water partition coefficient (Wildman–Crippen LogP) is 2.28. The highest BCUT2D eigenvalue weighted by Crippen LogP contribution is 2.19. The SMILES string of the molecule is COc1ccc(C(C)NC(=O)C(C)(C)CN)cc1.Cl. The third-order valence-electron chi connectivity index (χ3n) is 3.09. The van der Waals surface area contributed by atoms with E-state index in [2.05, 4.69) is 5.32 Å². The highest BCUT2D eigenvalue weighted by molar-refractivity contribution is 5.85. The largest absolute Gasteiger partial charge is 0.497 e. The molecule has 0 aromatic heterocycles. The molecule has 1 unspecified atom stereocenters. The van der Waals surface area contributed by atoms with Crippen LogP contribution in [0.25, 0.3) is 0 Å². The molecule has 0 saturated heterocycles. The van der Waals surface area contributed by atoms with Crippen LogP contribution >= 0.6 is 12.4 Å². The maximum Gasteiger partial charge on any atom is 0.227 e. The summed E-state index contributed by atoms with van der Waals surface area (Å²) in [6, 6.07) is 7.60. The van der Waals surface area contributed by atoms with E-state index in [0.29, 0.717) is 6.54 Å². The summed E-state index contributed by atoms with van der Waals surface area (Å²) in [5, 5.41) is 2.97. The van der Waals surface area contributed by atoms with Gasteiger partial charge in [0.15, 0.2) is 0 Å². The molecule has 19 heavy (non-hydrogen) atoms. The summed E-state index contributed by atoms with van der Waals surface area (Å²) < 4.78 is 5.10. The standard InChI is InChI=1S/C14H22N2O2.ClH/c1-10(16-13(17)14(2,3)9-15)11-5-7-12(18-4)8-6-11;/h5-8,10H,9,15H2,1-4H3,(H,16,17);1H. The molecule has 5 heteroatoms. The molecular weight excluding hydrogens is 264 g/mol. The van der Waals surface area contributed by atoms with Gasteiger partial charge in [0.1, 0.15) is 5.75 Å². The number of nitrogens with two attached hydrogens (primary N) is 1. The van der Waals surface area contributed by atoms with Gasteiger partial charge in [0, 0.05) is 6.54 Å². The van der Waals surface area contributed by atoms with E-state index in [0.717, 1.165) is 11.3 Å². The molecule has 1 amide bonds. The van der Waals surface area contributed by atoms with E-state index >= 15 is 0 Å². The maximum atomic E-state index is 12.0. The molecule has 1 aromatic carbocycles. The van der Waals surface area contributed by atoms with Crippen molar-refractivity contribution in [1.29, 1.82) is 0 Å². The lowest BCUT2D eigenvalue weighted by atomic mass is 9.92. The van der Waals surface area contributed by atoms with Crippen molar-refractivity contribution < 1.29 is 9.53 Å². The van der Waals surface area contributed by atoms with Crippen LogP contribution in [0.5, 0.6) is 5.75 Å². The summed E-state index contributed by atoms with van der Waals surface area (Å²) in [5.74, 6) is 0.771. The van der Waals surface area contributed by atoms with Gasteiger partial charge in [0.05, 0.1) is 18.6 Å². The summed E-state index contributed by atoms with van der Waals surface area (Å²) in [4.78, 5) is 12.0. The summed E-state index contributed by atoms with van der Waals surface area (Å²) in [6.45, 7) is 5.95. The summed E-state index contributed by atoms with van der Waals surface area (Å²) in [7, 11) is 1.63. The zero-order valence-electron chi connectivity index (χ0n) is 11.9. The molecule has 0 heterocycles. The van der Waals surface area contributed by atoms with Gasteiger partial charge in [-0.2, -0.15) is 0 Å². The Kier molecular flexibility index (Phi) is 6.87. The minimum Gasteiger partial charge on any atom is -0.497 e. The molecule has 1 aromatic rings. The van der Waals surface area contributed by atoms with Crippen LogP contribution in [0.2, 0.25) is 0 Å². The lowest BCUT2D eigenvalue weighted by Crippen LogP contribution is -2.42. The molecule has 1 rings (SSSR count). The number of nitrogens with one attached hydrogen (secondary N) is 1. The summed E-state index contributed by atoms with van der Waals surface area (Å²) >= 11 is 0. The second-order valence-corrected chi connectivity index (χ2v) is 5.06. The summed E-state index contributed by atoms with van der Waals surface area (Å²) in [6.07, 6.45) is 0. The van der Waals surface area contributed by atoms with Crippen molar-refractivity contribution in [3.63, 3.8) is 0 Å². The Balaban J connectivity index is 0.00000324. The molecule has 4 nitrogen and oxygen atoms in total. The van der Waals surface area contributed by atoms with Crippen molar-refractivity contribution in [1.82, 2.24) is 5.32 Å². The van der Waals surface area contributed by atoms with Crippen molar-refractivity contribution in [2.24, 2.45) is 11.1 Å². The normalized spacial score (nSPS) is 12.3. The number of ether oxygens (including phenoxy) is 1. The third kappa shape index (κ3) is 4.73. The van der Waals surface area contributed by atoms with Crippen molar-refractivity contribution in [3.8, 4) is 5.75 Å². The van der Waals surface area contributed by atoms with Crippen LogP contribution in [-0.4, -0.2) is 19.6 Å². The van der Waals surface area contributed by atoms with Gasteiger partial charge in [-0.05, 0) is 38.5 Å². The zero-order valence-corrected chi connectivity index (χ0v) is 12.7. The Morgan fingerprint density at radius 2 is 1.89 bits per heavy atom. The minimum absolute atomic E-state index is 0. The number of rotatable bonds is 5. The third-order valence-corrected chi connectivity index (χ3v) is 3.09. The zero-order chi connectivity index (χ0) is 13.8. The quantitative estimate of drug-likeness (QED) is 0.873. The van der Waals surface area contributed by atoms with Crippen molar-refractivity contribution in [2.75, 3.05) is 13.7 Å². The van der Waals surface area contributed by atoms with Crippen molar-refractivity contribution in [2.45, 2.75) is 26.8 Å². The van der Waals surface area contributed by atoms with Gasteiger partial charge in [-0.15, -0.1) is 12.4 Å². The minimum atomic E-state index is -0.541. The van der Waals surface area contributed by atoms with E-state index in [1.807, 2.05) is 45.0 Å². The molecule has 0 aliphatic rings. The number of benzene rings is 1. The molecule has 0 radical (unpaired) electrons. The van der Waals surface area contributed by atoms with Crippen LogP contribution in [-0.2, 0) is 4.79 Å². The van der Waals surface area contributed by atoms with Crippen LogP contribution in [0.15, 0.2) is 24.3 Å². The van der Waals surface area contributed by atoms with E-state index < -0.39 is 5.41 Å². The van der Waals surface area contributed by atoms with Gasteiger partial charge in [-0.3, -0.25) is 4.79 Å². The second kappa shape index (κ2) is 7.36. The number of carbonyl (C=O) groups excluding carboxylic acids is 1. The first-order chi connectivity index (χ1) is 8.40. The molecule has 0 fully saturated rings. The van der Waals surface area contributed by atoms with Crippen molar-refractivity contribution in [3.05, 3.63) is 29.8 Å². The van der Waals surface area contributed by atoms with Crippen LogP contribution in [0.1, 0.15) is 32.4 Å². The van der Waals surface area contributed by atoms with Crippen LogP contribution in [0, 0.1) is 5.41 Å². The van der Waals surface area contributed by atoms with Gasteiger partial charge < -0.3 is 15.8 Å². The molecule has 108 valence electrons. The van der Waals surface area contributed by atoms with E-state index in [-0.39, 0.29) is 24.4 Å². The van der Waals surface area contributed by atoms with Gasteiger partial charge >= 0.3 is 0 Å². The van der Waals surface area contributed by atoms with E-state index in [1.54, 1.807) is 7.11 Å². The number of amides is 1. The first-order valence-corrected chi connectivity index (χ1v) is 6.05. The average Bonchev–Trinajstić information content (AvgIpc) is 2.38. The first-order valence-electron chi connectivity index (χ1n) is 6.05. The molecular formula is C14H23ClN2O2. The first kappa shape index (κ1) is 17.7. The van der Waals surface area contributed by atoms with Crippen LogP contribution in [0.4, 0.5) is 0 Å². The lowest BCUT2D eigenvalue weighted by molar-refractivity contribution is -0.129. The van der Waals surface area contributed by atoms with Gasteiger partial charge in [0.25, 0.3) is 0 Å². The lowest BCUT2D eigenvalue weighted by Gasteiger charge is -2.24. The van der Waals surface area contributed by atoms with Crippen molar-refractivity contribution >= 4 is 18.3 Å². The second-order valence-electron chi connectivity index (χ2n) is 5.06. The van der Waals surface area contributed by atoms with Crippen LogP contribution < -0.4 is 15.8 Å². The number of methoxy groups -OCH3 is 1. The molecule has 0 aliphatic heterocycles. The topological polar surface area (TPSA) is 64.3 Å². The van der Waals surface area contributed by atoms with Gasteiger partial charge in [-0.1, -0.05) is 12.1 Å². The molecule has 1 atom stereocenters. The molecule has 0 bridgehead atoms. The summed E-state index contributed by atoms with van der Waals surface area (Å²) in [5.41, 5.74) is 6.08. The Labute approximate surface area is 121 Å². The van der Waals surface area contributed by atoms with E-state index in [9.17, 15) is 4.79 Å². The average molecular weight is 287 g/mol. The highest BCUT2D eigenvalue weighted by atomic mass is 35.5. The smallest absolute Gasteiger partial charge is 0.227 e. The number of halogens is 1. The highest BCUT2D eigenvalue weighted by Gasteiger charge is 2.26. The van der Waals surface area contributed by atoms with Gasteiger partial charge in [0.2, 0.25) is 5.91 Å². The number of carbonyl (C=O) groups is 1. The van der Waals surface area contributed by atoms with Crippen LogP contribution in [0.3, 0.4) is 0 Å². The number of hydrogen-bond acceptors (Lipinski definition) is 3. The Hall–Kier alpha value is -1.26. The Bertz CT molecular complexity index is 404. The molecule has 0 spiro atoms. The molecule has 3 N–H and O–H groups in total.